The minimum absolute atomic E-state index is 0.223. The first-order valence-corrected chi connectivity index (χ1v) is 10.1. The molecule has 0 aliphatic heterocycles. The van der Waals surface area contributed by atoms with Crippen molar-refractivity contribution in [2.45, 2.75) is 41.2 Å². The molecule has 2 N–H and O–H groups in total. The Kier molecular flexibility index (Phi) is 7.53. The average Bonchev–Trinajstić information content (AvgIpc) is 3.15. The van der Waals surface area contributed by atoms with Crippen molar-refractivity contribution >= 4 is 51.3 Å². The molecule has 0 aliphatic carbocycles. The standard InChI is InChI=1S/C18H24N4O4S2/c1-6-22-9-12(11(5)21-22)19-18(27)20-15-13(16(23)25-7-2)10(4)14(28-15)17(24)26-8-3/h9H,6-8H2,1-5H3,(H2,19,20,27). The molecular formula is C18H24N4O4S2. The van der Waals surface area contributed by atoms with E-state index >= 15 is 0 Å². The first-order chi connectivity index (χ1) is 13.3. The van der Waals surface area contributed by atoms with E-state index in [0.29, 0.717) is 15.4 Å². The molecule has 2 aromatic heterocycles. The highest BCUT2D eigenvalue weighted by Gasteiger charge is 2.27. The number of nitrogens with one attached hydrogen (secondary N) is 2. The summed E-state index contributed by atoms with van der Waals surface area (Å²) in [5.74, 6) is -1.00. The van der Waals surface area contributed by atoms with Gasteiger partial charge in [0, 0.05) is 12.7 Å². The number of carbonyl (C=O) groups excluding carboxylic acids is 2. The van der Waals surface area contributed by atoms with Gasteiger partial charge in [0.05, 0.1) is 30.2 Å². The molecule has 0 saturated heterocycles. The molecule has 0 atom stereocenters. The van der Waals surface area contributed by atoms with Crippen molar-refractivity contribution in [1.82, 2.24) is 9.78 Å². The molecule has 0 aromatic carbocycles. The van der Waals surface area contributed by atoms with Crippen LogP contribution in [0.2, 0.25) is 0 Å². The van der Waals surface area contributed by atoms with Crippen molar-refractivity contribution in [1.29, 1.82) is 0 Å². The molecule has 8 nitrogen and oxygen atoms in total. The van der Waals surface area contributed by atoms with E-state index in [2.05, 4.69) is 15.7 Å². The summed E-state index contributed by atoms with van der Waals surface area (Å²) in [4.78, 5) is 25.0. The zero-order valence-corrected chi connectivity index (χ0v) is 18.2. The van der Waals surface area contributed by atoms with Gasteiger partial charge in [-0.15, -0.1) is 11.3 Å². The van der Waals surface area contributed by atoms with Gasteiger partial charge in [0.2, 0.25) is 0 Å². The van der Waals surface area contributed by atoms with Gasteiger partial charge in [-0.2, -0.15) is 5.10 Å². The van der Waals surface area contributed by atoms with Crippen LogP contribution in [0.25, 0.3) is 0 Å². The molecule has 10 heteroatoms. The van der Waals surface area contributed by atoms with E-state index < -0.39 is 11.9 Å². The highest BCUT2D eigenvalue weighted by Crippen LogP contribution is 2.34. The van der Waals surface area contributed by atoms with Gasteiger partial charge in [0.25, 0.3) is 0 Å². The maximum atomic E-state index is 12.4. The van der Waals surface area contributed by atoms with Crippen molar-refractivity contribution in [2.75, 3.05) is 23.8 Å². The lowest BCUT2D eigenvalue weighted by Gasteiger charge is -2.10. The number of ether oxygens (including phenoxy) is 2. The number of hydrogen-bond acceptors (Lipinski definition) is 7. The summed E-state index contributed by atoms with van der Waals surface area (Å²) in [5, 5.41) is 11.1. The lowest BCUT2D eigenvalue weighted by molar-refractivity contribution is 0.0527. The summed E-state index contributed by atoms with van der Waals surface area (Å²) in [7, 11) is 0. The van der Waals surface area contributed by atoms with Crippen LogP contribution in [-0.4, -0.2) is 40.0 Å². The Balaban J connectivity index is 2.30. The number of thiophene rings is 1. The molecule has 2 aromatic rings. The Bertz CT molecular complexity index is 889. The molecule has 0 unspecified atom stereocenters. The van der Waals surface area contributed by atoms with Crippen LogP contribution in [0, 0.1) is 13.8 Å². The largest absolute Gasteiger partial charge is 0.462 e. The third-order valence-electron chi connectivity index (χ3n) is 3.83. The van der Waals surface area contributed by atoms with Crippen LogP contribution in [0.1, 0.15) is 52.1 Å². The quantitative estimate of drug-likeness (QED) is 0.513. The second-order valence-electron chi connectivity index (χ2n) is 5.76. The van der Waals surface area contributed by atoms with Crippen LogP contribution in [0.3, 0.4) is 0 Å². The molecule has 0 radical (unpaired) electrons. The number of carbonyl (C=O) groups is 2. The minimum Gasteiger partial charge on any atom is -0.462 e. The maximum absolute atomic E-state index is 12.4. The predicted octanol–water partition coefficient (Wildman–Crippen LogP) is 3.74. The molecule has 0 aliphatic rings. The van der Waals surface area contributed by atoms with Crippen LogP contribution < -0.4 is 10.6 Å². The lowest BCUT2D eigenvalue weighted by Crippen LogP contribution is -2.20. The van der Waals surface area contributed by atoms with E-state index in [1.165, 1.54) is 0 Å². The van der Waals surface area contributed by atoms with Crippen LogP contribution >= 0.6 is 23.6 Å². The average molecular weight is 425 g/mol. The van der Waals surface area contributed by atoms with Gasteiger partial charge in [-0.1, -0.05) is 0 Å². The zero-order chi connectivity index (χ0) is 20.8. The van der Waals surface area contributed by atoms with Gasteiger partial charge < -0.3 is 20.1 Å². The summed E-state index contributed by atoms with van der Waals surface area (Å²) >= 11 is 6.49. The van der Waals surface area contributed by atoms with E-state index in [-0.39, 0.29) is 23.9 Å². The Labute approximate surface area is 173 Å². The first-order valence-electron chi connectivity index (χ1n) is 8.91. The van der Waals surface area contributed by atoms with Crippen LogP contribution in [0.4, 0.5) is 10.7 Å². The minimum atomic E-state index is -0.521. The lowest BCUT2D eigenvalue weighted by atomic mass is 10.1. The van der Waals surface area contributed by atoms with E-state index in [9.17, 15) is 9.59 Å². The SMILES string of the molecule is CCOC(=O)c1sc(NC(=S)Nc2cn(CC)nc2C)c(C(=O)OCC)c1C. The van der Waals surface area contributed by atoms with E-state index in [0.717, 1.165) is 29.3 Å². The zero-order valence-electron chi connectivity index (χ0n) is 16.5. The van der Waals surface area contributed by atoms with E-state index in [1.54, 1.807) is 25.5 Å². The summed E-state index contributed by atoms with van der Waals surface area (Å²) in [6, 6.07) is 0. The Morgan fingerprint density at radius 2 is 1.79 bits per heavy atom. The Morgan fingerprint density at radius 3 is 2.36 bits per heavy atom. The van der Waals surface area contributed by atoms with Gasteiger partial charge in [-0.3, -0.25) is 4.68 Å². The molecule has 0 fully saturated rings. The molecule has 0 bridgehead atoms. The molecule has 152 valence electrons. The van der Waals surface area contributed by atoms with Crippen molar-refractivity contribution in [2.24, 2.45) is 0 Å². The predicted molar refractivity (Wildman–Crippen MR) is 113 cm³/mol. The number of aryl methyl sites for hydroxylation is 2. The van der Waals surface area contributed by atoms with Gasteiger partial charge in [0.1, 0.15) is 9.88 Å². The van der Waals surface area contributed by atoms with Crippen molar-refractivity contribution in [3.05, 3.63) is 27.9 Å². The number of anilines is 2. The van der Waals surface area contributed by atoms with Crippen molar-refractivity contribution in [3.63, 3.8) is 0 Å². The van der Waals surface area contributed by atoms with Crippen LogP contribution in [0.5, 0.6) is 0 Å². The maximum Gasteiger partial charge on any atom is 0.348 e. The summed E-state index contributed by atoms with van der Waals surface area (Å²) in [6.07, 6.45) is 1.85. The topological polar surface area (TPSA) is 94.5 Å². The first kappa shape index (κ1) is 21.8. The van der Waals surface area contributed by atoms with Gasteiger partial charge >= 0.3 is 11.9 Å². The number of aromatic nitrogens is 2. The second kappa shape index (κ2) is 9.65. The second-order valence-corrected chi connectivity index (χ2v) is 7.19. The normalized spacial score (nSPS) is 10.5. The van der Waals surface area contributed by atoms with Gasteiger partial charge in [0.15, 0.2) is 5.11 Å². The van der Waals surface area contributed by atoms with E-state index in [4.69, 9.17) is 21.7 Å². The highest BCUT2D eigenvalue weighted by atomic mass is 32.1. The number of nitrogens with zero attached hydrogens (tertiary/aromatic N) is 2. The fraction of sp³-hybridized carbons (Fsp3) is 0.444. The molecule has 28 heavy (non-hydrogen) atoms. The molecule has 0 saturated carbocycles. The smallest absolute Gasteiger partial charge is 0.348 e. The fourth-order valence-electron chi connectivity index (χ4n) is 2.50. The fourth-order valence-corrected chi connectivity index (χ4v) is 3.87. The number of thiocarbonyl (C=S) groups is 1. The molecule has 2 heterocycles. The summed E-state index contributed by atoms with van der Waals surface area (Å²) in [5.41, 5.74) is 2.34. The number of rotatable bonds is 7. The summed E-state index contributed by atoms with van der Waals surface area (Å²) < 4.78 is 12.0. The molecule has 0 spiro atoms. The van der Waals surface area contributed by atoms with Crippen molar-refractivity contribution in [3.8, 4) is 0 Å². The van der Waals surface area contributed by atoms with Crippen molar-refractivity contribution < 1.29 is 19.1 Å². The van der Waals surface area contributed by atoms with Crippen LogP contribution in [-0.2, 0) is 16.0 Å². The molecule has 2 rings (SSSR count). The Morgan fingerprint density at radius 1 is 1.14 bits per heavy atom. The summed E-state index contributed by atoms with van der Waals surface area (Å²) in [6.45, 7) is 10.2. The number of esters is 2. The molecule has 0 amide bonds. The number of hydrogen-bond donors (Lipinski definition) is 2. The third-order valence-corrected chi connectivity index (χ3v) is 5.22. The highest BCUT2D eigenvalue weighted by molar-refractivity contribution is 7.80. The monoisotopic (exact) mass is 424 g/mol. The van der Waals surface area contributed by atoms with E-state index in [1.807, 2.05) is 20.0 Å². The third kappa shape index (κ3) is 4.87. The van der Waals surface area contributed by atoms with Gasteiger partial charge in [-0.05, 0) is 52.4 Å². The molecular weight excluding hydrogens is 400 g/mol. The Hall–Kier alpha value is -2.46. The van der Waals surface area contributed by atoms with Gasteiger partial charge in [-0.25, -0.2) is 9.59 Å². The van der Waals surface area contributed by atoms with Crippen LogP contribution in [0.15, 0.2) is 6.20 Å².